The Bertz CT molecular complexity index is 1010. The average molecular weight is 466 g/mol. The molecule has 1 aliphatic rings. The number of carbonyl (C=O) groups is 1. The normalized spacial score (nSPS) is 22.7. The fraction of sp³-hybridized carbons (Fsp3) is 0.353. The molecule has 0 spiro atoms. The highest BCUT2D eigenvalue weighted by molar-refractivity contribution is 6.37. The maximum absolute atomic E-state index is 14.2. The highest BCUT2D eigenvalue weighted by atomic mass is 35.5. The highest BCUT2D eigenvalue weighted by Crippen LogP contribution is 2.42. The number of ether oxygens (including phenoxy) is 2. The summed E-state index contributed by atoms with van der Waals surface area (Å²) in [6, 6.07) is 3.66. The van der Waals surface area contributed by atoms with E-state index in [1.807, 2.05) is 0 Å². The van der Waals surface area contributed by atoms with Crippen LogP contribution in [0.1, 0.15) is 16.6 Å². The molecule has 0 bridgehead atoms. The Balaban J connectivity index is 1.83. The summed E-state index contributed by atoms with van der Waals surface area (Å²) in [5.41, 5.74) is -1.13. The summed E-state index contributed by atoms with van der Waals surface area (Å²) >= 11 is 12.0. The van der Waals surface area contributed by atoms with Gasteiger partial charge in [-0.1, -0.05) is 23.2 Å². The highest BCUT2D eigenvalue weighted by Gasteiger charge is 2.59. The molecule has 3 N–H and O–H groups in total. The minimum absolute atomic E-state index is 0.0383. The number of amides is 1. The van der Waals surface area contributed by atoms with Crippen molar-refractivity contribution in [3.05, 3.63) is 50.5 Å². The molecule has 1 aromatic heterocycles. The van der Waals surface area contributed by atoms with E-state index in [0.717, 1.165) is 12.3 Å². The molecule has 3 rings (SSSR count). The van der Waals surface area contributed by atoms with E-state index in [4.69, 9.17) is 37.8 Å². The smallest absolute Gasteiger partial charge is 0.351 e. The average Bonchev–Trinajstić information content (AvgIpc) is 2.91. The van der Waals surface area contributed by atoms with Gasteiger partial charge in [-0.15, -0.1) is 0 Å². The molecule has 30 heavy (non-hydrogen) atoms. The summed E-state index contributed by atoms with van der Waals surface area (Å²) in [6.07, 6.45) is -5.12. The van der Waals surface area contributed by atoms with Crippen LogP contribution < -0.4 is 15.7 Å². The van der Waals surface area contributed by atoms with Crippen molar-refractivity contribution >= 4 is 34.9 Å². The Kier molecular flexibility index (Phi) is 6.29. The van der Waals surface area contributed by atoms with Crippen molar-refractivity contribution in [3.63, 3.8) is 0 Å². The molecule has 162 valence electrons. The van der Waals surface area contributed by atoms with Crippen molar-refractivity contribution in [1.29, 1.82) is 0 Å². The van der Waals surface area contributed by atoms with Gasteiger partial charge in [-0.05, 0) is 18.2 Å². The minimum Gasteiger partial charge on any atom is -0.494 e. The lowest BCUT2D eigenvalue weighted by Gasteiger charge is -2.21. The van der Waals surface area contributed by atoms with Crippen molar-refractivity contribution in [1.82, 2.24) is 9.55 Å². The van der Waals surface area contributed by atoms with Gasteiger partial charge in [0.2, 0.25) is 6.23 Å². The molecular weight excluding hydrogens is 451 g/mol. The van der Waals surface area contributed by atoms with Crippen molar-refractivity contribution in [2.75, 3.05) is 19.0 Å². The van der Waals surface area contributed by atoms with Gasteiger partial charge < -0.3 is 25.0 Å². The van der Waals surface area contributed by atoms with Crippen LogP contribution in [0.3, 0.4) is 0 Å². The van der Waals surface area contributed by atoms with Gasteiger partial charge in [0.1, 0.15) is 11.9 Å². The number of hydrogen-bond acceptors (Lipinski definition) is 7. The molecule has 2 heterocycles. The lowest BCUT2D eigenvalue weighted by Crippen LogP contribution is -2.41. The van der Waals surface area contributed by atoms with Gasteiger partial charge in [0.05, 0.1) is 23.8 Å². The predicted octanol–water partition coefficient (Wildman–Crippen LogP) is 1.70. The number of aliphatic hydroxyl groups excluding tert-OH is 2. The van der Waals surface area contributed by atoms with E-state index in [0.29, 0.717) is 4.57 Å². The molecule has 0 radical (unpaired) electrons. The molecule has 0 saturated carbocycles. The zero-order valence-electron chi connectivity index (χ0n) is 15.2. The van der Waals surface area contributed by atoms with Crippen molar-refractivity contribution < 1.29 is 33.3 Å². The molecule has 2 aromatic rings. The maximum Gasteiger partial charge on any atom is 0.351 e. The molecule has 0 aliphatic carbocycles. The Morgan fingerprint density at radius 1 is 1.40 bits per heavy atom. The lowest BCUT2D eigenvalue weighted by atomic mass is 10.1. The summed E-state index contributed by atoms with van der Waals surface area (Å²) in [4.78, 5) is 28.1. The minimum atomic E-state index is -3.85. The fourth-order valence-electron chi connectivity index (χ4n) is 2.85. The Morgan fingerprint density at radius 3 is 2.53 bits per heavy atom. The first kappa shape index (κ1) is 22.4. The van der Waals surface area contributed by atoms with Gasteiger partial charge in [0, 0.05) is 11.8 Å². The van der Waals surface area contributed by atoms with Crippen LogP contribution in [0.25, 0.3) is 0 Å². The second-order valence-corrected chi connectivity index (χ2v) is 7.07. The number of anilines is 1. The van der Waals surface area contributed by atoms with Crippen LogP contribution in [-0.4, -0.2) is 57.5 Å². The number of methoxy groups -OCH3 is 1. The van der Waals surface area contributed by atoms with Crippen molar-refractivity contribution in [3.8, 4) is 5.75 Å². The molecule has 1 aliphatic heterocycles. The fourth-order valence-corrected chi connectivity index (χ4v) is 3.50. The van der Waals surface area contributed by atoms with Crippen molar-refractivity contribution in [2.24, 2.45) is 0 Å². The van der Waals surface area contributed by atoms with E-state index < -0.39 is 42.6 Å². The van der Waals surface area contributed by atoms with Gasteiger partial charge in [-0.25, -0.2) is 4.79 Å². The molecule has 1 fully saturated rings. The topological polar surface area (TPSA) is 123 Å². The monoisotopic (exact) mass is 465 g/mol. The van der Waals surface area contributed by atoms with E-state index in [-0.39, 0.29) is 27.2 Å². The SMILES string of the molecule is COc1c(Cl)cc(C(=O)Nc2ccn(C3OC(CO)C(O)C3(F)F)c(=O)n2)cc1Cl. The van der Waals surface area contributed by atoms with Gasteiger partial charge in [0.15, 0.2) is 11.9 Å². The molecule has 3 atom stereocenters. The Hall–Kier alpha value is -2.31. The van der Waals surface area contributed by atoms with Crippen LogP contribution in [0.2, 0.25) is 10.0 Å². The van der Waals surface area contributed by atoms with Crippen LogP contribution in [0.5, 0.6) is 5.75 Å². The molecular formula is C17H15Cl2F2N3O6. The third-order valence-corrected chi connectivity index (χ3v) is 4.91. The van der Waals surface area contributed by atoms with Crippen LogP contribution in [-0.2, 0) is 4.74 Å². The van der Waals surface area contributed by atoms with E-state index >= 15 is 0 Å². The molecule has 1 saturated heterocycles. The zero-order valence-corrected chi connectivity index (χ0v) is 16.7. The number of halogens is 4. The maximum atomic E-state index is 14.2. The summed E-state index contributed by atoms with van der Waals surface area (Å²) in [7, 11) is 1.35. The van der Waals surface area contributed by atoms with E-state index in [1.54, 1.807) is 0 Å². The molecule has 3 unspecified atom stereocenters. The summed E-state index contributed by atoms with van der Waals surface area (Å²) < 4.78 is 38.7. The lowest BCUT2D eigenvalue weighted by molar-refractivity contribution is -0.140. The number of nitrogens with one attached hydrogen (secondary N) is 1. The quantitative estimate of drug-likeness (QED) is 0.613. The Labute approximate surface area is 177 Å². The first-order chi connectivity index (χ1) is 14.1. The van der Waals surface area contributed by atoms with Gasteiger partial charge in [-0.2, -0.15) is 13.8 Å². The number of aliphatic hydroxyl groups is 2. The standard InChI is InChI=1S/C17H15Cl2F2N3O6/c1-29-12-8(18)4-7(5-9(12)19)14(27)22-11-2-3-24(16(28)23-11)15-17(20,21)13(26)10(6-25)30-15/h2-5,10,13,15,25-26H,6H2,1H3,(H,22,23,27,28). The van der Waals surface area contributed by atoms with Crippen LogP contribution in [0.4, 0.5) is 14.6 Å². The second-order valence-electron chi connectivity index (χ2n) is 6.26. The van der Waals surface area contributed by atoms with Crippen LogP contribution in [0, 0.1) is 0 Å². The zero-order chi connectivity index (χ0) is 22.2. The van der Waals surface area contributed by atoms with E-state index in [9.17, 15) is 23.5 Å². The van der Waals surface area contributed by atoms with E-state index in [2.05, 4.69) is 10.3 Å². The number of benzene rings is 1. The number of rotatable bonds is 5. The second kappa shape index (κ2) is 8.44. The number of nitrogens with zero attached hydrogens (tertiary/aromatic N) is 2. The molecule has 13 heteroatoms. The molecule has 9 nitrogen and oxygen atoms in total. The van der Waals surface area contributed by atoms with E-state index in [1.165, 1.54) is 19.2 Å². The number of aromatic nitrogens is 2. The van der Waals surface area contributed by atoms with Crippen LogP contribution >= 0.6 is 23.2 Å². The first-order valence-electron chi connectivity index (χ1n) is 8.36. The summed E-state index contributed by atoms with van der Waals surface area (Å²) in [5.74, 6) is -4.62. The largest absolute Gasteiger partial charge is 0.494 e. The van der Waals surface area contributed by atoms with Crippen LogP contribution in [0.15, 0.2) is 29.2 Å². The number of hydrogen-bond donors (Lipinski definition) is 3. The molecule has 1 amide bonds. The first-order valence-corrected chi connectivity index (χ1v) is 9.11. The Morgan fingerprint density at radius 2 is 2.03 bits per heavy atom. The van der Waals surface area contributed by atoms with Gasteiger partial charge in [-0.3, -0.25) is 9.36 Å². The summed E-state index contributed by atoms with van der Waals surface area (Å²) in [5, 5.41) is 21.1. The third-order valence-electron chi connectivity index (χ3n) is 4.35. The predicted molar refractivity (Wildman–Crippen MR) is 101 cm³/mol. The third kappa shape index (κ3) is 3.98. The van der Waals surface area contributed by atoms with Gasteiger partial charge >= 0.3 is 11.6 Å². The number of carbonyl (C=O) groups excluding carboxylic acids is 1. The number of alkyl halides is 2. The van der Waals surface area contributed by atoms with Crippen molar-refractivity contribution in [2.45, 2.75) is 24.4 Å². The molecule has 1 aromatic carbocycles. The summed E-state index contributed by atoms with van der Waals surface area (Å²) in [6.45, 7) is -0.865. The van der Waals surface area contributed by atoms with Gasteiger partial charge in [0.25, 0.3) is 5.91 Å².